The molecule has 2 fully saturated rings. The largest absolute Gasteiger partial charge is 0.508 e. The SMILES string of the molecule is CNCC(=O)N[C@@H](CCCN=C(N)N)C(=O)N[C@H](C(=O)N[C@@H](Cc1ccc(O)cc1)C(=O)N[C@H]1CSS[C@@H]2C[C@@H](C(=O)N[C@@H](Cc3ccccc3)C(=O)O)N(C2)C(=O)[C@H](Cc2cnc[nH]2)NC1=O)C(C)C. The first kappa shape index (κ1) is 55.1. The van der Waals surface area contributed by atoms with Crippen molar-refractivity contribution in [3.8, 4) is 5.75 Å². The molecule has 2 aliphatic heterocycles. The number of carboxylic acid groups (broad SMARTS) is 1. The maximum Gasteiger partial charge on any atom is 0.326 e. The van der Waals surface area contributed by atoms with Crippen LogP contribution in [0.5, 0.6) is 5.75 Å². The number of aromatic hydroxyl groups is 1. The number of fused-ring (bicyclic) bond motifs is 2. The summed E-state index contributed by atoms with van der Waals surface area (Å²) in [5, 5.41) is 38.7. The van der Waals surface area contributed by atoms with E-state index in [1.54, 1.807) is 63.4 Å². The molecule has 8 atom stereocenters. The second-order valence-electron chi connectivity index (χ2n) is 17.5. The molecule has 14 N–H and O–H groups in total. The van der Waals surface area contributed by atoms with E-state index in [1.165, 1.54) is 51.1 Å². The van der Waals surface area contributed by atoms with Gasteiger partial charge in [0.15, 0.2) is 5.96 Å². The molecule has 25 heteroatoms. The van der Waals surface area contributed by atoms with E-state index in [-0.39, 0.29) is 74.5 Å². The van der Waals surface area contributed by atoms with E-state index < -0.39 is 95.5 Å². The lowest BCUT2D eigenvalue weighted by molar-refractivity contribution is -0.145. The Morgan fingerprint density at radius 3 is 2.25 bits per heavy atom. The lowest BCUT2D eigenvalue weighted by atomic mass is 10.00. The number of guanidine groups is 1. The van der Waals surface area contributed by atoms with Crippen LogP contribution in [0.4, 0.5) is 0 Å². The fourth-order valence-electron chi connectivity index (χ4n) is 7.93. The summed E-state index contributed by atoms with van der Waals surface area (Å²) in [7, 11) is 4.11. The van der Waals surface area contributed by atoms with Crippen molar-refractivity contribution in [2.24, 2.45) is 22.4 Å². The number of hydrogen-bond acceptors (Lipinski definition) is 14. The predicted octanol–water partition coefficient (Wildman–Crippen LogP) is -1.57. The number of phenols is 1. The molecule has 3 aromatic rings. The lowest BCUT2D eigenvalue weighted by Gasteiger charge is -2.30. The van der Waals surface area contributed by atoms with Gasteiger partial charge in [0.25, 0.3) is 0 Å². The third-order valence-corrected chi connectivity index (χ3v) is 14.5. The second kappa shape index (κ2) is 26.9. The summed E-state index contributed by atoms with van der Waals surface area (Å²) < 4.78 is 0. The molecular formula is C46H63N13O10S2. The number of aromatic amines is 1. The number of aliphatic carboxylic acids is 1. The van der Waals surface area contributed by atoms with Gasteiger partial charge in [-0.05, 0) is 55.5 Å². The Balaban J connectivity index is 1.36. The summed E-state index contributed by atoms with van der Waals surface area (Å²) >= 11 is 0. The van der Waals surface area contributed by atoms with Crippen molar-refractivity contribution < 1.29 is 48.6 Å². The monoisotopic (exact) mass is 1020 g/mol. The number of hydrogen-bond donors (Lipinski definition) is 12. The average Bonchev–Trinajstić information content (AvgIpc) is 4.01. The highest BCUT2D eigenvalue weighted by molar-refractivity contribution is 8.77. The fourth-order valence-corrected chi connectivity index (χ4v) is 10.7. The normalized spacial score (nSPS) is 19.7. The Kier molecular flexibility index (Phi) is 20.9. The van der Waals surface area contributed by atoms with Crippen LogP contribution < -0.4 is 48.7 Å². The standard InChI is InChI=1S/C46H63N13O10S2/c1-25(2)38(58-39(62)31(53-37(61)21-49-3)10-7-15-51-46(47)48)43(66)54-32(16-27-11-13-29(60)14-12-27)40(63)57-35-23-70-71-30-19-36(42(65)56-34(45(68)69)17-26-8-5-4-6-9-26)59(22-30)44(67)33(55-41(35)64)18-28-20-50-24-52-28/h4-6,8-9,11-14,20,24-25,30-36,38,49,60H,7,10,15-19,21-23H2,1-3H3,(H,50,52)(H,53,61)(H,54,66)(H,55,64)(H,56,65)(H,57,63)(H,58,62)(H,68,69)(H4,47,48,51)/t30-,31+,32+,33+,34+,35+,36+,38+/m1/s1. The molecular weight excluding hydrogens is 959 g/mol. The lowest BCUT2D eigenvalue weighted by Crippen LogP contribution is -2.61. The zero-order valence-corrected chi connectivity index (χ0v) is 41.2. The van der Waals surface area contributed by atoms with Crippen LogP contribution in [0.25, 0.3) is 0 Å². The number of nitrogens with zero attached hydrogens (tertiary/aromatic N) is 3. The molecule has 2 saturated heterocycles. The first-order valence-electron chi connectivity index (χ1n) is 23.0. The molecule has 0 aliphatic carbocycles. The van der Waals surface area contributed by atoms with Crippen LogP contribution in [-0.4, -0.2) is 158 Å². The molecule has 2 aliphatic rings. The zero-order valence-electron chi connectivity index (χ0n) is 39.6. The number of amides is 7. The number of likely N-dealkylation sites (N-methyl/N-ethyl adjacent to an activating group) is 1. The molecule has 0 unspecified atom stereocenters. The Bertz CT molecular complexity index is 2340. The van der Waals surface area contributed by atoms with Crippen molar-refractivity contribution in [1.82, 2.24) is 52.1 Å². The van der Waals surface area contributed by atoms with Crippen molar-refractivity contribution in [2.45, 2.75) is 99.9 Å². The maximum atomic E-state index is 14.6. The van der Waals surface area contributed by atoms with Gasteiger partial charge in [0, 0.05) is 55.2 Å². The summed E-state index contributed by atoms with van der Waals surface area (Å²) in [5.41, 5.74) is 12.6. The molecule has 0 radical (unpaired) electrons. The number of H-pyrrole nitrogens is 1. The van der Waals surface area contributed by atoms with E-state index in [0.29, 0.717) is 23.2 Å². The van der Waals surface area contributed by atoms with Crippen molar-refractivity contribution in [1.29, 1.82) is 0 Å². The van der Waals surface area contributed by atoms with Crippen LogP contribution in [0.15, 0.2) is 72.1 Å². The number of rotatable bonds is 23. The molecule has 0 spiro atoms. The van der Waals surface area contributed by atoms with Crippen molar-refractivity contribution in [2.75, 3.05) is 32.4 Å². The van der Waals surface area contributed by atoms with Crippen LogP contribution in [0.3, 0.4) is 0 Å². The highest BCUT2D eigenvalue weighted by Gasteiger charge is 2.45. The number of imidazole rings is 1. The quantitative estimate of drug-likeness (QED) is 0.0221. The Morgan fingerprint density at radius 1 is 0.901 bits per heavy atom. The van der Waals surface area contributed by atoms with Gasteiger partial charge in [-0.25, -0.2) is 9.78 Å². The van der Waals surface area contributed by atoms with Gasteiger partial charge < -0.3 is 68.8 Å². The highest BCUT2D eigenvalue weighted by atomic mass is 33.1. The van der Waals surface area contributed by atoms with Gasteiger partial charge in [-0.15, -0.1) is 0 Å². The molecule has 1 aromatic heterocycles. The number of aliphatic imine (C=N–C) groups is 1. The van der Waals surface area contributed by atoms with Crippen LogP contribution in [0.2, 0.25) is 0 Å². The average molecular weight is 1020 g/mol. The van der Waals surface area contributed by atoms with Crippen molar-refractivity contribution >= 4 is 74.9 Å². The molecule has 7 amide bonds. The van der Waals surface area contributed by atoms with Gasteiger partial charge >= 0.3 is 5.97 Å². The number of carboxylic acids is 1. The Labute approximate surface area is 418 Å². The topological polar surface area (TPSA) is 358 Å². The van der Waals surface area contributed by atoms with E-state index in [2.05, 4.69) is 52.2 Å². The van der Waals surface area contributed by atoms with Crippen LogP contribution in [0.1, 0.15) is 49.9 Å². The van der Waals surface area contributed by atoms with Gasteiger partial charge in [0.05, 0.1) is 12.9 Å². The minimum absolute atomic E-state index is 0.0129. The molecule has 2 bridgehead atoms. The van der Waals surface area contributed by atoms with Crippen molar-refractivity contribution in [3.63, 3.8) is 0 Å². The number of phenolic OH excluding ortho intramolecular Hbond substituents is 1. The number of carbonyl (C=O) groups is 8. The van der Waals surface area contributed by atoms with Crippen molar-refractivity contribution in [3.05, 3.63) is 83.9 Å². The number of benzene rings is 2. The smallest absolute Gasteiger partial charge is 0.326 e. The maximum absolute atomic E-state index is 14.6. The Hall–Kier alpha value is -6.86. The van der Waals surface area contributed by atoms with E-state index in [1.807, 2.05) is 0 Å². The van der Waals surface area contributed by atoms with E-state index in [0.717, 1.165) is 0 Å². The molecule has 0 saturated carbocycles. The van der Waals surface area contributed by atoms with Gasteiger partial charge in [0.1, 0.15) is 48.0 Å². The highest BCUT2D eigenvalue weighted by Crippen LogP contribution is 2.37. The van der Waals surface area contributed by atoms with E-state index in [4.69, 9.17) is 11.5 Å². The first-order chi connectivity index (χ1) is 33.9. The van der Waals surface area contributed by atoms with Crippen LogP contribution in [0, 0.1) is 5.92 Å². The first-order valence-corrected chi connectivity index (χ1v) is 25.4. The van der Waals surface area contributed by atoms with Crippen LogP contribution >= 0.6 is 21.6 Å². The third-order valence-electron chi connectivity index (χ3n) is 11.6. The summed E-state index contributed by atoms with van der Waals surface area (Å²) in [4.78, 5) is 122. The summed E-state index contributed by atoms with van der Waals surface area (Å²) in [5.74, 6) is -6.63. The molecule has 5 rings (SSSR count). The predicted molar refractivity (Wildman–Crippen MR) is 266 cm³/mol. The zero-order chi connectivity index (χ0) is 51.6. The fraction of sp³-hybridized carbons (Fsp3) is 0.478. The third kappa shape index (κ3) is 16.9. The van der Waals surface area contributed by atoms with Gasteiger partial charge in [-0.1, -0.05) is 77.9 Å². The molecule has 384 valence electrons. The Morgan fingerprint density at radius 2 is 1.61 bits per heavy atom. The minimum Gasteiger partial charge on any atom is -0.508 e. The molecule has 2 aromatic carbocycles. The van der Waals surface area contributed by atoms with Crippen LogP contribution in [-0.2, 0) is 57.6 Å². The number of nitrogens with two attached hydrogens (primary N) is 2. The van der Waals surface area contributed by atoms with Gasteiger partial charge in [0.2, 0.25) is 41.4 Å². The molecule has 23 nitrogen and oxygen atoms in total. The number of aromatic nitrogens is 2. The summed E-state index contributed by atoms with van der Waals surface area (Å²) in [6.07, 6.45) is 3.31. The van der Waals surface area contributed by atoms with E-state index >= 15 is 0 Å². The number of nitrogens with one attached hydrogen (secondary N) is 8. The van der Waals surface area contributed by atoms with E-state index in [9.17, 15) is 48.6 Å². The van der Waals surface area contributed by atoms with Gasteiger partial charge in [-0.3, -0.25) is 38.6 Å². The molecule has 71 heavy (non-hydrogen) atoms. The summed E-state index contributed by atoms with van der Waals surface area (Å²) in [6.45, 7) is 3.58. The molecule has 3 heterocycles. The second-order valence-corrected chi connectivity index (χ2v) is 20.2. The number of carbonyl (C=O) groups excluding carboxylic acids is 7. The van der Waals surface area contributed by atoms with Gasteiger partial charge in [-0.2, -0.15) is 0 Å². The minimum atomic E-state index is -1.35. The summed E-state index contributed by atoms with van der Waals surface area (Å²) in [6, 6.07) is 6.25.